The van der Waals surface area contributed by atoms with Crippen molar-refractivity contribution in [3.63, 3.8) is 0 Å². The molecule has 1 aromatic heterocycles. The average Bonchev–Trinajstić information content (AvgIpc) is 2.38. The van der Waals surface area contributed by atoms with Crippen molar-refractivity contribution in [2.75, 3.05) is 31.5 Å². The third kappa shape index (κ3) is 3.58. The van der Waals surface area contributed by atoms with Gasteiger partial charge < -0.3 is 10.2 Å². The van der Waals surface area contributed by atoms with E-state index in [2.05, 4.69) is 22.1 Å². The standard InChI is InChI=1S/C13H20ClN3/c1-2-17-8-5-11(6-9-17)10-16-13-12(14)4-3-7-15-13/h3-4,7,11H,2,5-6,8-10H2,1H3,(H,15,16). The van der Waals surface area contributed by atoms with Gasteiger partial charge in [-0.05, 0) is 50.5 Å². The molecule has 1 saturated heterocycles. The molecule has 1 aliphatic rings. The number of hydrogen-bond acceptors (Lipinski definition) is 3. The molecule has 0 aromatic carbocycles. The van der Waals surface area contributed by atoms with Crippen LogP contribution >= 0.6 is 11.6 Å². The minimum Gasteiger partial charge on any atom is -0.369 e. The Balaban J connectivity index is 1.78. The number of hydrogen-bond donors (Lipinski definition) is 1. The van der Waals surface area contributed by atoms with Gasteiger partial charge in [-0.2, -0.15) is 0 Å². The zero-order valence-electron chi connectivity index (χ0n) is 10.3. The van der Waals surface area contributed by atoms with Gasteiger partial charge in [-0.25, -0.2) is 4.98 Å². The number of nitrogens with one attached hydrogen (secondary N) is 1. The van der Waals surface area contributed by atoms with Crippen molar-refractivity contribution in [2.45, 2.75) is 19.8 Å². The summed E-state index contributed by atoms with van der Waals surface area (Å²) < 4.78 is 0. The van der Waals surface area contributed by atoms with Crippen LogP contribution in [0.2, 0.25) is 5.02 Å². The zero-order chi connectivity index (χ0) is 12.1. The maximum Gasteiger partial charge on any atom is 0.144 e. The maximum absolute atomic E-state index is 6.05. The van der Waals surface area contributed by atoms with Gasteiger partial charge in [-0.1, -0.05) is 18.5 Å². The molecule has 1 aliphatic heterocycles. The number of likely N-dealkylation sites (tertiary alicyclic amines) is 1. The van der Waals surface area contributed by atoms with Crippen molar-refractivity contribution < 1.29 is 0 Å². The van der Waals surface area contributed by atoms with E-state index in [4.69, 9.17) is 11.6 Å². The fraction of sp³-hybridized carbons (Fsp3) is 0.615. The summed E-state index contributed by atoms with van der Waals surface area (Å²) in [6, 6.07) is 3.73. The Bertz CT molecular complexity index is 348. The van der Waals surface area contributed by atoms with Gasteiger partial charge in [0.2, 0.25) is 0 Å². The Morgan fingerprint density at radius 1 is 1.47 bits per heavy atom. The summed E-state index contributed by atoms with van der Waals surface area (Å²) in [6.45, 7) is 6.82. The van der Waals surface area contributed by atoms with Crippen LogP contribution in [0, 0.1) is 5.92 Å². The molecule has 0 radical (unpaired) electrons. The highest BCUT2D eigenvalue weighted by atomic mass is 35.5. The lowest BCUT2D eigenvalue weighted by molar-refractivity contribution is 0.198. The van der Waals surface area contributed by atoms with Gasteiger partial charge in [0.05, 0.1) is 5.02 Å². The quantitative estimate of drug-likeness (QED) is 0.895. The van der Waals surface area contributed by atoms with E-state index in [0.29, 0.717) is 5.02 Å². The van der Waals surface area contributed by atoms with E-state index in [1.165, 1.54) is 32.5 Å². The van der Waals surface area contributed by atoms with Crippen LogP contribution in [-0.2, 0) is 0 Å². The third-order valence-electron chi connectivity index (χ3n) is 3.47. The van der Waals surface area contributed by atoms with Crippen LogP contribution in [0.5, 0.6) is 0 Å². The Morgan fingerprint density at radius 2 is 2.24 bits per heavy atom. The molecule has 0 unspecified atom stereocenters. The van der Waals surface area contributed by atoms with E-state index in [1.54, 1.807) is 6.20 Å². The summed E-state index contributed by atoms with van der Waals surface area (Å²) in [5, 5.41) is 4.06. The first kappa shape index (κ1) is 12.7. The molecular formula is C13H20ClN3. The van der Waals surface area contributed by atoms with Gasteiger partial charge in [-0.3, -0.25) is 0 Å². The number of piperidine rings is 1. The molecular weight excluding hydrogens is 234 g/mol. The maximum atomic E-state index is 6.05. The highest BCUT2D eigenvalue weighted by molar-refractivity contribution is 6.32. The van der Waals surface area contributed by atoms with E-state index >= 15 is 0 Å². The highest BCUT2D eigenvalue weighted by Crippen LogP contribution is 2.21. The Morgan fingerprint density at radius 3 is 2.88 bits per heavy atom. The molecule has 0 aliphatic carbocycles. The van der Waals surface area contributed by atoms with Gasteiger partial charge in [-0.15, -0.1) is 0 Å². The minimum atomic E-state index is 0.707. The SMILES string of the molecule is CCN1CCC(CNc2ncccc2Cl)CC1. The number of anilines is 1. The largest absolute Gasteiger partial charge is 0.369 e. The highest BCUT2D eigenvalue weighted by Gasteiger charge is 2.17. The summed E-state index contributed by atoms with van der Waals surface area (Å²) in [4.78, 5) is 6.74. The average molecular weight is 254 g/mol. The second-order valence-electron chi connectivity index (χ2n) is 4.59. The lowest BCUT2D eigenvalue weighted by atomic mass is 9.97. The molecule has 0 amide bonds. The van der Waals surface area contributed by atoms with Crippen LogP contribution in [0.25, 0.3) is 0 Å². The van der Waals surface area contributed by atoms with Gasteiger partial charge >= 0.3 is 0 Å². The van der Waals surface area contributed by atoms with Crippen LogP contribution < -0.4 is 5.32 Å². The van der Waals surface area contributed by atoms with Crippen LogP contribution in [0.3, 0.4) is 0 Å². The minimum absolute atomic E-state index is 0.707. The smallest absolute Gasteiger partial charge is 0.144 e. The molecule has 2 rings (SSSR count). The van der Waals surface area contributed by atoms with E-state index in [9.17, 15) is 0 Å². The Labute approximate surface area is 108 Å². The molecule has 0 spiro atoms. The normalized spacial score (nSPS) is 18.2. The topological polar surface area (TPSA) is 28.2 Å². The molecule has 2 heterocycles. The second kappa shape index (κ2) is 6.22. The van der Waals surface area contributed by atoms with E-state index < -0.39 is 0 Å². The molecule has 1 N–H and O–H groups in total. The van der Waals surface area contributed by atoms with E-state index in [0.717, 1.165) is 18.3 Å². The molecule has 94 valence electrons. The molecule has 0 atom stereocenters. The van der Waals surface area contributed by atoms with Crippen molar-refractivity contribution in [3.8, 4) is 0 Å². The first-order valence-corrected chi connectivity index (χ1v) is 6.74. The first-order valence-electron chi connectivity index (χ1n) is 6.36. The second-order valence-corrected chi connectivity index (χ2v) is 5.00. The van der Waals surface area contributed by atoms with Gasteiger partial charge in [0, 0.05) is 12.7 Å². The van der Waals surface area contributed by atoms with Crippen LogP contribution in [0.15, 0.2) is 18.3 Å². The fourth-order valence-electron chi connectivity index (χ4n) is 2.26. The Kier molecular flexibility index (Phi) is 4.63. The summed E-state index contributed by atoms with van der Waals surface area (Å²) >= 11 is 6.05. The molecule has 17 heavy (non-hydrogen) atoms. The summed E-state index contributed by atoms with van der Waals surface area (Å²) in [7, 11) is 0. The Hall–Kier alpha value is -0.800. The van der Waals surface area contributed by atoms with Crippen LogP contribution in [0.4, 0.5) is 5.82 Å². The number of pyridine rings is 1. The van der Waals surface area contributed by atoms with Gasteiger partial charge in [0.15, 0.2) is 0 Å². The molecule has 0 saturated carbocycles. The lowest BCUT2D eigenvalue weighted by Crippen LogP contribution is -2.35. The molecule has 0 bridgehead atoms. The van der Waals surface area contributed by atoms with Crippen LogP contribution in [0.1, 0.15) is 19.8 Å². The fourth-order valence-corrected chi connectivity index (χ4v) is 2.45. The number of aromatic nitrogens is 1. The van der Waals surface area contributed by atoms with Gasteiger partial charge in [0.1, 0.15) is 5.82 Å². The van der Waals surface area contributed by atoms with Crippen molar-refractivity contribution in [1.82, 2.24) is 9.88 Å². The number of rotatable bonds is 4. The molecule has 4 heteroatoms. The predicted molar refractivity (Wildman–Crippen MR) is 72.6 cm³/mol. The summed E-state index contributed by atoms with van der Waals surface area (Å²) in [6.07, 6.45) is 4.31. The lowest BCUT2D eigenvalue weighted by Gasteiger charge is -2.31. The summed E-state index contributed by atoms with van der Waals surface area (Å²) in [5.41, 5.74) is 0. The number of nitrogens with zero attached hydrogens (tertiary/aromatic N) is 2. The molecule has 1 aromatic rings. The zero-order valence-corrected chi connectivity index (χ0v) is 11.1. The van der Waals surface area contributed by atoms with Crippen molar-refractivity contribution in [1.29, 1.82) is 0 Å². The molecule has 3 nitrogen and oxygen atoms in total. The predicted octanol–water partition coefficient (Wildman–Crippen LogP) is 2.88. The van der Waals surface area contributed by atoms with Crippen LogP contribution in [-0.4, -0.2) is 36.1 Å². The monoisotopic (exact) mass is 253 g/mol. The van der Waals surface area contributed by atoms with E-state index in [-0.39, 0.29) is 0 Å². The third-order valence-corrected chi connectivity index (χ3v) is 3.78. The first-order chi connectivity index (χ1) is 8.29. The van der Waals surface area contributed by atoms with Gasteiger partial charge in [0.25, 0.3) is 0 Å². The van der Waals surface area contributed by atoms with Crippen molar-refractivity contribution >= 4 is 17.4 Å². The van der Waals surface area contributed by atoms with Crippen molar-refractivity contribution in [3.05, 3.63) is 23.4 Å². The molecule has 1 fully saturated rings. The van der Waals surface area contributed by atoms with E-state index in [1.807, 2.05) is 12.1 Å². The summed E-state index contributed by atoms with van der Waals surface area (Å²) in [5.74, 6) is 1.56. The van der Waals surface area contributed by atoms with Crippen molar-refractivity contribution in [2.24, 2.45) is 5.92 Å². The number of halogens is 1.